The van der Waals surface area contributed by atoms with Gasteiger partial charge in [-0.15, -0.1) is 10.2 Å². The highest BCUT2D eigenvalue weighted by atomic mass is 19.1. The summed E-state index contributed by atoms with van der Waals surface area (Å²) in [4.78, 5) is 5.89. The largest absolute Gasteiger partial charge is 0.397 e. The summed E-state index contributed by atoms with van der Waals surface area (Å²) in [5.74, 6) is 0.665. The maximum atomic E-state index is 13.4. The highest BCUT2D eigenvalue weighted by molar-refractivity contribution is 5.97. The summed E-state index contributed by atoms with van der Waals surface area (Å²) in [5.41, 5.74) is 9.34. The molecule has 152 valence electrons. The first-order chi connectivity index (χ1) is 14.5. The Bertz CT molecular complexity index is 1120. The molecule has 30 heavy (non-hydrogen) atoms. The molecule has 1 aliphatic heterocycles. The maximum absolute atomic E-state index is 13.4. The Labute approximate surface area is 173 Å². The number of aryl methyl sites for hydroxylation is 1. The lowest BCUT2D eigenvalue weighted by molar-refractivity contribution is 0.474. The van der Waals surface area contributed by atoms with E-state index in [0.29, 0.717) is 41.0 Å². The number of halogens is 1. The fraction of sp³-hybridized carbons (Fsp3) is 0.286. The molecule has 1 fully saturated rings. The number of nitrogens with zero attached hydrogens (tertiary/aromatic N) is 6. The van der Waals surface area contributed by atoms with Crippen molar-refractivity contribution in [3.8, 4) is 17.2 Å². The molecule has 8 nitrogen and oxygen atoms in total. The number of anilines is 2. The van der Waals surface area contributed by atoms with Crippen LogP contribution in [0, 0.1) is 22.7 Å². The molecular weight excluding hydrogens is 383 g/mol. The lowest BCUT2D eigenvalue weighted by Crippen LogP contribution is -2.34. The van der Waals surface area contributed by atoms with Crippen molar-refractivity contribution >= 4 is 17.6 Å². The molecular formula is C21H21FN8. The third kappa shape index (κ3) is 3.37. The van der Waals surface area contributed by atoms with Gasteiger partial charge in [-0.05, 0) is 31.0 Å². The normalized spacial score (nSPS) is 14.5. The van der Waals surface area contributed by atoms with Gasteiger partial charge in [-0.2, -0.15) is 9.65 Å². The van der Waals surface area contributed by atoms with Crippen LogP contribution in [0.5, 0.6) is 0 Å². The highest BCUT2D eigenvalue weighted by Gasteiger charge is 2.28. The average Bonchev–Trinajstić information content (AvgIpc) is 3.20. The van der Waals surface area contributed by atoms with Gasteiger partial charge in [0.25, 0.3) is 0 Å². The summed E-state index contributed by atoms with van der Waals surface area (Å²) < 4.78 is 15.3. The average molecular weight is 404 g/mol. The SMILES string of the molecule is Cn1cnnc1C1CCN(c2c(-c3ccc(F)nc3)cc(C=N)c(N)c2C#N)CC1. The fourth-order valence-corrected chi connectivity index (χ4v) is 4.05. The molecule has 3 N–H and O–H groups in total. The fourth-order valence-electron chi connectivity index (χ4n) is 4.05. The van der Waals surface area contributed by atoms with Crippen LogP contribution >= 0.6 is 0 Å². The van der Waals surface area contributed by atoms with Gasteiger partial charge in [-0.3, -0.25) is 0 Å². The Balaban J connectivity index is 1.76. The van der Waals surface area contributed by atoms with E-state index in [0.717, 1.165) is 24.9 Å². The van der Waals surface area contributed by atoms with Crippen molar-refractivity contribution in [2.24, 2.45) is 7.05 Å². The molecule has 0 bridgehead atoms. The van der Waals surface area contributed by atoms with Crippen LogP contribution in [0.4, 0.5) is 15.8 Å². The van der Waals surface area contributed by atoms with Gasteiger partial charge in [0, 0.05) is 55.2 Å². The van der Waals surface area contributed by atoms with Gasteiger partial charge in [-0.1, -0.05) is 0 Å². The van der Waals surface area contributed by atoms with Crippen LogP contribution < -0.4 is 10.6 Å². The molecule has 0 unspecified atom stereocenters. The van der Waals surface area contributed by atoms with Crippen LogP contribution in [-0.2, 0) is 7.05 Å². The van der Waals surface area contributed by atoms with Crippen molar-refractivity contribution in [2.75, 3.05) is 23.7 Å². The third-order valence-electron chi connectivity index (χ3n) is 5.60. The number of rotatable bonds is 4. The Morgan fingerprint density at radius 1 is 1.33 bits per heavy atom. The number of nitriles is 1. The molecule has 0 spiro atoms. The van der Waals surface area contributed by atoms with E-state index in [1.807, 2.05) is 11.6 Å². The van der Waals surface area contributed by atoms with Crippen molar-refractivity contribution in [1.82, 2.24) is 19.7 Å². The number of nitrogens with one attached hydrogen (secondary N) is 1. The quantitative estimate of drug-likeness (QED) is 0.392. The second-order valence-electron chi connectivity index (χ2n) is 7.34. The molecule has 0 saturated carbocycles. The lowest BCUT2D eigenvalue weighted by Gasteiger charge is -2.35. The van der Waals surface area contributed by atoms with Crippen molar-refractivity contribution < 1.29 is 4.39 Å². The summed E-state index contributed by atoms with van der Waals surface area (Å²) in [6.07, 6.45) is 5.97. The Morgan fingerprint density at radius 2 is 2.10 bits per heavy atom. The van der Waals surface area contributed by atoms with E-state index in [2.05, 4.69) is 26.2 Å². The smallest absolute Gasteiger partial charge is 0.212 e. The van der Waals surface area contributed by atoms with Gasteiger partial charge >= 0.3 is 0 Å². The van der Waals surface area contributed by atoms with E-state index in [1.165, 1.54) is 12.3 Å². The monoisotopic (exact) mass is 404 g/mol. The predicted molar refractivity (Wildman–Crippen MR) is 112 cm³/mol. The first-order valence-electron chi connectivity index (χ1n) is 9.61. The molecule has 0 atom stereocenters. The Hall–Kier alpha value is -3.80. The molecule has 3 heterocycles. The predicted octanol–water partition coefficient (Wildman–Crippen LogP) is 2.85. The Kier molecular flexibility index (Phi) is 5.14. The van der Waals surface area contributed by atoms with E-state index in [1.54, 1.807) is 18.5 Å². The molecule has 1 saturated heterocycles. The van der Waals surface area contributed by atoms with E-state index in [9.17, 15) is 9.65 Å². The van der Waals surface area contributed by atoms with E-state index in [4.69, 9.17) is 11.1 Å². The van der Waals surface area contributed by atoms with Crippen molar-refractivity contribution in [3.05, 3.63) is 53.6 Å². The van der Waals surface area contributed by atoms with Gasteiger partial charge in [0.1, 0.15) is 18.2 Å². The molecule has 0 radical (unpaired) electrons. The van der Waals surface area contributed by atoms with Crippen LogP contribution in [-0.4, -0.2) is 39.1 Å². The second kappa shape index (κ2) is 7.91. The van der Waals surface area contributed by atoms with Crippen LogP contribution in [0.15, 0.2) is 30.7 Å². The number of hydrogen-bond donors (Lipinski definition) is 2. The molecule has 1 aliphatic rings. The van der Waals surface area contributed by atoms with Crippen LogP contribution in [0.1, 0.15) is 35.7 Å². The number of benzene rings is 1. The number of nitrogens with two attached hydrogens (primary N) is 1. The molecule has 9 heteroatoms. The van der Waals surface area contributed by atoms with Gasteiger partial charge in [0.2, 0.25) is 5.95 Å². The molecule has 1 aromatic carbocycles. The maximum Gasteiger partial charge on any atom is 0.212 e. The lowest BCUT2D eigenvalue weighted by atomic mass is 9.91. The molecule has 0 aliphatic carbocycles. The summed E-state index contributed by atoms with van der Waals surface area (Å²) in [6.45, 7) is 1.41. The number of pyridine rings is 1. The minimum atomic E-state index is -0.576. The van der Waals surface area contributed by atoms with Crippen LogP contribution in [0.2, 0.25) is 0 Å². The summed E-state index contributed by atoms with van der Waals surface area (Å²) >= 11 is 0. The van der Waals surface area contributed by atoms with E-state index >= 15 is 0 Å². The van der Waals surface area contributed by atoms with Crippen LogP contribution in [0.3, 0.4) is 0 Å². The standard InChI is InChI=1S/C21H21FN8/c1-29-12-27-28-21(29)13-4-6-30(7-5-13)20-16(14-2-3-18(22)26-11-14)8-15(9-23)19(25)17(20)10-24/h2-3,8-9,11-13,23H,4-7,25H2,1H3. The van der Waals surface area contributed by atoms with E-state index in [-0.39, 0.29) is 11.6 Å². The minimum Gasteiger partial charge on any atom is -0.397 e. The zero-order chi connectivity index (χ0) is 21.3. The molecule has 3 aromatic rings. The zero-order valence-electron chi connectivity index (χ0n) is 16.5. The number of aromatic nitrogens is 4. The van der Waals surface area contributed by atoms with Crippen molar-refractivity contribution in [2.45, 2.75) is 18.8 Å². The molecule has 2 aromatic heterocycles. The molecule has 0 amide bonds. The molecule has 4 rings (SSSR count). The van der Waals surface area contributed by atoms with Crippen molar-refractivity contribution in [1.29, 1.82) is 10.7 Å². The second-order valence-corrected chi connectivity index (χ2v) is 7.34. The van der Waals surface area contributed by atoms with Gasteiger partial charge in [0.15, 0.2) is 0 Å². The van der Waals surface area contributed by atoms with Crippen LogP contribution in [0.25, 0.3) is 11.1 Å². The van der Waals surface area contributed by atoms with Gasteiger partial charge < -0.3 is 20.6 Å². The number of hydrogen-bond acceptors (Lipinski definition) is 7. The van der Waals surface area contributed by atoms with Crippen molar-refractivity contribution in [3.63, 3.8) is 0 Å². The van der Waals surface area contributed by atoms with Gasteiger partial charge in [-0.25, -0.2) is 4.98 Å². The number of piperidine rings is 1. The Morgan fingerprint density at radius 3 is 2.67 bits per heavy atom. The number of nitrogen functional groups attached to an aromatic ring is 1. The third-order valence-corrected chi connectivity index (χ3v) is 5.60. The zero-order valence-corrected chi connectivity index (χ0v) is 16.5. The summed E-state index contributed by atoms with van der Waals surface area (Å²) in [6, 6.07) is 6.89. The first-order valence-corrected chi connectivity index (χ1v) is 9.61. The topological polar surface area (TPSA) is 120 Å². The first kappa shape index (κ1) is 19.5. The summed E-state index contributed by atoms with van der Waals surface area (Å²) in [7, 11) is 1.94. The highest BCUT2D eigenvalue weighted by Crippen LogP contribution is 2.41. The minimum absolute atomic E-state index is 0.275. The van der Waals surface area contributed by atoms with E-state index < -0.39 is 5.95 Å². The van der Waals surface area contributed by atoms with Gasteiger partial charge in [0.05, 0.1) is 16.9 Å². The summed E-state index contributed by atoms with van der Waals surface area (Å²) in [5, 5.41) is 25.8.